The van der Waals surface area contributed by atoms with Crippen LogP contribution < -0.4 is 4.74 Å². The van der Waals surface area contributed by atoms with Crippen molar-refractivity contribution in [2.24, 2.45) is 0 Å². The molecule has 1 aliphatic rings. The number of pyridine rings is 1. The number of aromatic amines is 1. The van der Waals surface area contributed by atoms with Gasteiger partial charge >= 0.3 is 13.2 Å². The molecule has 0 unspecified atom stereocenters. The molecule has 48 heavy (non-hydrogen) atoms. The zero-order valence-corrected chi connectivity index (χ0v) is 29.8. The van der Waals surface area contributed by atoms with Crippen molar-refractivity contribution < 1.29 is 32.8 Å². The quantitative estimate of drug-likeness (QED) is 0.137. The number of hydrogen-bond acceptors (Lipinski definition) is 7. The summed E-state index contributed by atoms with van der Waals surface area (Å²) in [7, 11) is 2.59. The molecule has 0 radical (unpaired) electrons. The smallest absolute Gasteiger partial charge is 0.476 e. The predicted molar refractivity (Wildman–Crippen MR) is 186 cm³/mol. The zero-order valence-electron chi connectivity index (χ0n) is 29.8. The second-order valence-corrected chi connectivity index (χ2v) is 14.0. The number of para-hydroxylation sites is 1. The minimum atomic E-state index is -0.724. The predicted octanol–water partition coefficient (Wildman–Crippen LogP) is 6.81. The number of hydrogen-bond donors (Lipinski definition) is 1. The van der Waals surface area contributed by atoms with Gasteiger partial charge < -0.3 is 33.6 Å². The Kier molecular flexibility index (Phi) is 11.1. The molecule has 0 bridgehead atoms. The van der Waals surface area contributed by atoms with Crippen molar-refractivity contribution in [2.75, 3.05) is 33.8 Å². The number of fused-ring (bicyclic) bond motifs is 1. The summed E-state index contributed by atoms with van der Waals surface area (Å²) >= 11 is 0. The first-order valence-electron chi connectivity index (χ1n) is 16.2. The second-order valence-electron chi connectivity index (χ2n) is 14.0. The van der Waals surface area contributed by atoms with Crippen molar-refractivity contribution in [1.82, 2.24) is 19.8 Å². The van der Waals surface area contributed by atoms with E-state index in [9.17, 15) is 9.59 Å². The molecule has 1 aliphatic heterocycles. The van der Waals surface area contributed by atoms with E-state index in [-0.39, 0.29) is 37.0 Å². The number of nitrogens with zero attached hydrogens (tertiary/aromatic N) is 3. The minimum absolute atomic E-state index is 0.0132. The van der Waals surface area contributed by atoms with E-state index in [1.807, 2.05) is 65.0 Å². The molecular formula is C36H48BFN4O6. The van der Waals surface area contributed by atoms with Crippen LogP contribution in [0.2, 0.25) is 0 Å². The van der Waals surface area contributed by atoms with Crippen LogP contribution in [0, 0.1) is 5.95 Å². The van der Waals surface area contributed by atoms with E-state index in [1.165, 1.54) is 15.9 Å². The fraction of sp³-hybridized carbons (Fsp3) is 0.472. The Labute approximate surface area is 283 Å². The molecule has 10 nitrogen and oxygen atoms in total. The molecule has 0 spiro atoms. The highest BCUT2D eigenvalue weighted by molar-refractivity contribution is 6.56. The van der Waals surface area contributed by atoms with Crippen molar-refractivity contribution in [3.8, 4) is 5.88 Å². The number of allylic oxidation sites excluding steroid dienone is 1. The van der Waals surface area contributed by atoms with Gasteiger partial charge in [-0.05, 0) is 78.6 Å². The normalized spacial score (nSPS) is 16.3. The average Bonchev–Trinajstić information content (AvgIpc) is 3.50. The largest absolute Gasteiger partial charge is 0.491 e. The SMILES string of the molecule is CC/C(B1OC(C)(C)C(C)(C)O1)=C(\c1cc2ccccc2[nH]1)c1ccc(OCCN(C/C=C/C(=O)N(C)C)C(=O)OC(C)(C)C)nc1F. The van der Waals surface area contributed by atoms with Crippen LogP contribution in [-0.2, 0) is 18.8 Å². The molecule has 0 aliphatic carbocycles. The van der Waals surface area contributed by atoms with Crippen molar-refractivity contribution in [1.29, 1.82) is 0 Å². The number of H-pyrrole nitrogens is 1. The summed E-state index contributed by atoms with van der Waals surface area (Å²) in [6.07, 6.45) is 2.95. The molecule has 4 rings (SSSR count). The topological polar surface area (TPSA) is 106 Å². The Morgan fingerprint density at radius 2 is 1.73 bits per heavy atom. The summed E-state index contributed by atoms with van der Waals surface area (Å²) < 4.78 is 40.3. The number of ether oxygens (including phenoxy) is 2. The Bertz CT molecular complexity index is 1640. The van der Waals surface area contributed by atoms with Crippen molar-refractivity contribution >= 4 is 35.6 Å². The van der Waals surface area contributed by atoms with Crippen LogP contribution in [0.15, 0.2) is 60.1 Å². The second kappa shape index (κ2) is 14.5. The number of likely N-dealkylation sites (N-methyl/N-ethyl adjacent to an activating group) is 1. The number of carbonyl (C=O) groups is 2. The van der Waals surface area contributed by atoms with E-state index in [2.05, 4.69) is 9.97 Å². The molecule has 1 fully saturated rings. The van der Waals surface area contributed by atoms with E-state index in [4.69, 9.17) is 18.8 Å². The summed E-state index contributed by atoms with van der Waals surface area (Å²) in [6.45, 7) is 15.5. The van der Waals surface area contributed by atoms with Crippen LogP contribution in [0.5, 0.6) is 5.88 Å². The standard InChI is InChI=1S/C36H48BFN4O6/c1-11-26(37-47-35(5,6)36(7,8)48-37)31(28-23-24-15-12-13-16-27(24)39-28)25-18-19-29(40-32(25)38)45-22-21-42(33(44)46-34(2,3)4)20-14-17-30(43)41(9)10/h12-19,23,39H,11,20-22H2,1-10H3/b17-14+,31-26+. The zero-order chi connectivity index (χ0) is 35.4. The third-order valence-electron chi connectivity index (χ3n) is 8.42. The fourth-order valence-electron chi connectivity index (χ4n) is 5.10. The van der Waals surface area contributed by atoms with E-state index in [0.29, 0.717) is 17.7 Å². The van der Waals surface area contributed by atoms with Gasteiger partial charge in [0.1, 0.15) is 12.2 Å². The Morgan fingerprint density at radius 1 is 1.06 bits per heavy atom. The van der Waals surface area contributed by atoms with Crippen molar-refractivity contribution in [3.05, 3.63) is 77.3 Å². The monoisotopic (exact) mass is 662 g/mol. The van der Waals surface area contributed by atoms with Crippen LogP contribution in [0.3, 0.4) is 0 Å². The molecule has 2 aromatic heterocycles. The maximum atomic E-state index is 16.1. The highest BCUT2D eigenvalue weighted by Gasteiger charge is 2.52. The lowest BCUT2D eigenvalue weighted by Gasteiger charge is -2.32. The fourth-order valence-corrected chi connectivity index (χ4v) is 5.10. The van der Waals surface area contributed by atoms with Crippen LogP contribution in [0.4, 0.5) is 9.18 Å². The van der Waals surface area contributed by atoms with E-state index in [1.54, 1.807) is 53.1 Å². The summed E-state index contributed by atoms with van der Waals surface area (Å²) in [5.74, 6) is -0.873. The summed E-state index contributed by atoms with van der Waals surface area (Å²) in [5, 5.41) is 0.984. The van der Waals surface area contributed by atoms with Gasteiger partial charge in [0.15, 0.2) is 0 Å². The number of nitrogens with one attached hydrogen (secondary N) is 1. The molecule has 2 amide bonds. The van der Waals surface area contributed by atoms with Crippen molar-refractivity contribution in [2.45, 2.75) is 78.6 Å². The van der Waals surface area contributed by atoms with Crippen LogP contribution in [0.25, 0.3) is 16.5 Å². The Balaban J connectivity index is 1.62. The van der Waals surface area contributed by atoms with Gasteiger partial charge in [-0.25, -0.2) is 4.79 Å². The lowest BCUT2D eigenvalue weighted by atomic mass is 9.71. The molecule has 12 heteroatoms. The molecule has 0 atom stereocenters. The molecule has 0 saturated carbocycles. The number of carbonyl (C=O) groups excluding carboxylic acids is 2. The molecule has 1 N–H and O–H groups in total. The van der Waals surface area contributed by atoms with Crippen LogP contribution >= 0.6 is 0 Å². The highest BCUT2D eigenvalue weighted by atomic mass is 19.1. The van der Waals surface area contributed by atoms with Gasteiger partial charge in [0.2, 0.25) is 17.7 Å². The van der Waals surface area contributed by atoms with Gasteiger partial charge in [-0.15, -0.1) is 0 Å². The lowest BCUT2D eigenvalue weighted by molar-refractivity contribution is -0.123. The Morgan fingerprint density at radius 3 is 2.31 bits per heavy atom. The number of rotatable bonds is 11. The maximum Gasteiger partial charge on any atom is 0.491 e. The van der Waals surface area contributed by atoms with Gasteiger partial charge in [-0.2, -0.15) is 9.37 Å². The summed E-state index contributed by atoms with van der Waals surface area (Å²) in [4.78, 5) is 35.3. The van der Waals surface area contributed by atoms with Crippen molar-refractivity contribution in [3.63, 3.8) is 0 Å². The maximum absolute atomic E-state index is 16.1. The van der Waals surface area contributed by atoms with Gasteiger partial charge in [0.25, 0.3) is 0 Å². The first-order valence-corrected chi connectivity index (χ1v) is 16.2. The Hall–Kier alpha value is -4.16. The van der Waals surface area contributed by atoms with Gasteiger partial charge in [0.05, 0.1) is 17.7 Å². The summed E-state index contributed by atoms with van der Waals surface area (Å²) in [5.41, 5.74) is 1.41. The molecule has 3 aromatic rings. The summed E-state index contributed by atoms with van der Waals surface area (Å²) in [6, 6.07) is 13.1. The first kappa shape index (κ1) is 36.7. The van der Waals surface area contributed by atoms with Gasteiger partial charge in [-0.3, -0.25) is 4.79 Å². The van der Waals surface area contributed by atoms with Gasteiger partial charge in [0, 0.05) is 60.5 Å². The number of aromatic nitrogens is 2. The van der Waals surface area contributed by atoms with E-state index in [0.717, 1.165) is 16.4 Å². The first-order chi connectivity index (χ1) is 22.4. The molecular weight excluding hydrogens is 614 g/mol. The third kappa shape index (κ3) is 8.65. The molecule has 1 saturated heterocycles. The molecule has 3 heterocycles. The number of benzene rings is 1. The molecule has 1 aromatic carbocycles. The van der Waals surface area contributed by atoms with E-state index >= 15 is 4.39 Å². The lowest BCUT2D eigenvalue weighted by Crippen LogP contribution is -2.41. The highest BCUT2D eigenvalue weighted by Crippen LogP contribution is 2.42. The number of amides is 2. The third-order valence-corrected chi connectivity index (χ3v) is 8.42. The van der Waals surface area contributed by atoms with Crippen LogP contribution in [-0.4, -0.2) is 89.5 Å². The van der Waals surface area contributed by atoms with Crippen LogP contribution in [0.1, 0.15) is 73.1 Å². The average molecular weight is 663 g/mol. The minimum Gasteiger partial charge on any atom is -0.476 e. The molecule has 258 valence electrons. The van der Waals surface area contributed by atoms with Gasteiger partial charge in [-0.1, -0.05) is 31.2 Å². The number of halogens is 1. The van der Waals surface area contributed by atoms with E-state index < -0.39 is 36.0 Å².